The molecule has 0 saturated carbocycles. The van der Waals surface area contributed by atoms with Gasteiger partial charge in [0.2, 0.25) is 0 Å². The third kappa shape index (κ3) is 3.60. The number of aromatic amines is 1. The van der Waals surface area contributed by atoms with Gasteiger partial charge in [0.15, 0.2) is 0 Å². The van der Waals surface area contributed by atoms with Crippen LogP contribution in [0.15, 0.2) is 57.2 Å². The van der Waals surface area contributed by atoms with Crippen molar-refractivity contribution in [1.82, 2.24) is 10.2 Å². The zero-order chi connectivity index (χ0) is 18.7. The molecule has 26 heavy (non-hydrogen) atoms. The summed E-state index contributed by atoms with van der Waals surface area (Å²) in [6.45, 7) is 3.87. The molecule has 0 aliphatic heterocycles. The summed E-state index contributed by atoms with van der Waals surface area (Å²) in [4.78, 5) is 16.5. The zero-order valence-corrected chi connectivity index (χ0v) is 14.9. The molecule has 0 unspecified atom stereocenters. The molecular weight excluding hydrogens is 352 g/mol. The lowest BCUT2D eigenvalue weighted by atomic mass is 10.2. The number of aromatic nitrogens is 2. The average Bonchev–Trinajstić information content (AvgIpc) is 2.93. The van der Waals surface area contributed by atoms with Crippen LogP contribution < -0.4 is 5.11 Å². The first-order valence-corrected chi connectivity index (χ1v) is 8.56. The second kappa shape index (κ2) is 7.40. The lowest BCUT2D eigenvalue weighted by Gasteiger charge is -2.10. The van der Waals surface area contributed by atoms with Crippen LogP contribution in [-0.4, -0.2) is 21.3 Å². The highest BCUT2D eigenvalue weighted by molar-refractivity contribution is 7.99. The first kappa shape index (κ1) is 17.7. The Balaban J connectivity index is 1.93. The van der Waals surface area contributed by atoms with Gasteiger partial charge in [0.25, 0.3) is 5.69 Å². The Morgan fingerprint density at radius 2 is 1.96 bits per heavy atom. The monoisotopic (exact) mass is 367 g/mol. The van der Waals surface area contributed by atoms with Crippen molar-refractivity contribution < 1.29 is 10.0 Å². The predicted molar refractivity (Wildman–Crippen MR) is 98.4 cm³/mol. The molecule has 132 valence electrons. The molecule has 0 aliphatic carbocycles. The van der Waals surface area contributed by atoms with E-state index in [-0.39, 0.29) is 5.56 Å². The van der Waals surface area contributed by atoms with E-state index in [2.05, 4.69) is 15.2 Å². The molecule has 0 aliphatic rings. The number of rotatable bonds is 5. The second-order valence-corrected chi connectivity index (χ2v) is 6.60. The largest absolute Gasteiger partial charge is 0.867 e. The quantitative estimate of drug-likeness (QED) is 0.418. The van der Waals surface area contributed by atoms with Crippen molar-refractivity contribution in [2.75, 3.05) is 0 Å². The van der Waals surface area contributed by atoms with E-state index in [0.29, 0.717) is 5.69 Å². The van der Waals surface area contributed by atoms with Crippen molar-refractivity contribution in [1.29, 1.82) is 0 Å². The van der Waals surface area contributed by atoms with Crippen LogP contribution in [0, 0.1) is 24.0 Å². The van der Waals surface area contributed by atoms with E-state index in [0.717, 1.165) is 21.2 Å². The summed E-state index contributed by atoms with van der Waals surface area (Å²) in [7, 11) is 0. The normalized spacial score (nSPS) is 11.2. The van der Waals surface area contributed by atoms with Crippen LogP contribution in [0.1, 0.15) is 17.0 Å². The summed E-state index contributed by atoms with van der Waals surface area (Å²) in [5, 5.41) is 30.1. The molecule has 3 rings (SSSR count). The van der Waals surface area contributed by atoms with Gasteiger partial charge in [0, 0.05) is 22.9 Å². The number of aryl methyl sites for hydroxylation is 2. The molecule has 0 atom stereocenters. The Morgan fingerprint density at radius 3 is 2.65 bits per heavy atom. The molecule has 0 bridgehead atoms. The number of hydrogen-bond acceptors (Lipinski definition) is 6. The molecule has 2 aromatic carbocycles. The molecular formula is C18H15N4O3S-. The van der Waals surface area contributed by atoms with E-state index in [1.54, 1.807) is 0 Å². The van der Waals surface area contributed by atoms with Crippen molar-refractivity contribution >= 4 is 29.4 Å². The topological polar surface area (TPSA) is 107 Å². The van der Waals surface area contributed by atoms with Crippen LogP contribution in [0.4, 0.5) is 11.4 Å². The number of nitrogens with one attached hydrogen (secondary N) is 1. The third-order valence-corrected chi connectivity index (χ3v) is 5.07. The van der Waals surface area contributed by atoms with E-state index < -0.39 is 16.4 Å². The van der Waals surface area contributed by atoms with Gasteiger partial charge in [-0.3, -0.25) is 20.2 Å². The number of aliphatic imine (C=N–C) groups is 1. The van der Waals surface area contributed by atoms with Gasteiger partial charge in [-0.25, -0.2) is 0 Å². The van der Waals surface area contributed by atoms with Crippen LogP contribution in [0.5, 0.6) is 5.75 Å². The number of hydrogen-bond donors (Lipinski definition) is 1. The second-order valence-electron chi connectivity index (χ2n) is 5.54. The van der Waals surface area contributed by atoms with Gasteiger partial charge in [-0.15, -0.1) is 0 Å². The number of H-pyrrole nitrogens is 1. The van der Waals surface area contributed by atoms with Crippen LogP contribution in [-0.2, 0) is 0 Å². The Hall–Kier alpha value is -3.13. The molecule has 1 aromatic heterocycles. The molecule has 0 fully saturated rings. The van der Waals surface area contributed by atoms with Gasteiger partial charge in [-0.1, -0.05) is 36.0 Å². The molecule has 1 heterocycles. The van der Waals surface area contributed by atoms with E-state index in [1.807, 2.05) is 38.1 Å². The first-order chi connectivity index (χ1) is 12.5. The van der Waals surface area contributed by atoms with Crippen LogP contribution in [0.25, 0.3) is 0 Å². The minimum atomic E-state index is -0.687. The SMILES string of the molecule is Cc1n[nH]c(C)c1Sc1ccccc1N=Cc1cccc([N+](=O)[O-])c1[O-]. The molecule has 1 N–H and O–H groups in total. The standard InChI is InChI=1S/C18H16N4O3S/c1-11-18(12(2)21-20-11)26-16-9-4-3-7-14(16)19-10-13-6-5-8-15(17(13)23)22(24)25/h3-10,23H,1-2H3,(H,20,21)/p-1. The number of benzene rings is 2. The Bertz CT molecular complexity index is 978. The number of nitro benzene ring substituents is 1. The van der Waals surface area contributed by atoms with Gasteiger partial charge in [0.05, 0.1) is 21.2 Å². The Labute approximate surface area is 154 Å². The van der Waals surface area contributed by atoms with Crippen molar-refractivity contribution in [2.45, 2.75) is 23.6 Å². The fourth-order valence-electron chi connectivity index (χ4n) is 2.38. The molecule has 8 heteroatoms. The fourth-order valence-corrected chi connectivity index (χ4v) is 3.36. The smallest absolute Gasteiger partial charge is 0.262 e. The summed E-state index contributed by atoms with van der Waals surface area (Å²) in [6.07, 6.45) is 1.36. The van der Waals surface area contributed by atoms with Gasteiger partial charge >= 0.3 is 0 Å². The highest BCUT2D eigenvalue weighted by atomic mass is 32.2. The van der Waals surface area contributed by atoms with E-state index in [9.17, 15) is 15.2 Å². The molecule has 0 spiro atoms. The van der Waals surface area contributed by atoms with Crippen LogP contribution in [0.3, 0.4) is 0 Å². The van der Waals surface area contributed by atoms with Crippen LogP contribution >= 0.6 is 11.8 Å². The van der Waals surface area contributed by atoms with Gasteiger partial charge in [-0.2, -0.15) is 5.10 Å². The highest BCUT2D eigenvalue weighted by Crippen LogP contribution is 2.37. The number of nitrogens with zero attached hydrogens (tertiary/aromatic N) is 3. The fraction of sp³-hybridized carbons (Fsp3) is 0.111. The van der Waals surface area contributed by atoms with Crippen molar-refractivity contribution in [3.63, 3.8) is 0 Å². The molecule has 0 amide bonds. The first-order valence-electron chi connectivity index (χ1n) is 7.74. The predicted octanol–water partition coefficient (Wildman–Crippen LogP) is 3.91. The van der Waals surface area contributed by atoms with E-state index in [4.69, 9.17) is 0 Å². The number of nitro groups is 1. The Kier molecular flexibility index (Phi) is 5.04. The molecule has 0 saturated heterocycles. The summed E-state index contributed by atoms with van der Waals surface area (Å²) in [5.41, 5.74) is 2.25. The van der Waals surface area contributed by atoms with Crippen LogP contribution in [0.2, 0.25) is 0 Å². The maximum atomic E-state index is 12.1. The van der Waals surface area contributed by atoms with Crippen molar-refractivity contribution in [3.05, 3.63) is 69.5 Å². The van der Waals surface area contributed by atoms with E-state index >= 15 is 0 Å². The van der Waals surface area contributed by atoms with Crippen molar-refractivity contribution in [2.24, 2.45) is 4.99 Å². The highest BCUT2D eigenvalue weighted by Gasteiger charge is 2.11. The summed E-state index contributed by atoms with van der Waals surface area (Å²) in [6, 6.07) is 11.7. The minimum absolute atomic E-state index is 0.176. The maximum Gasteiger partial charge on any atom is 0.262 e. The molecule has 0 radical (unpaired) electrons. The summed E-state index contributed by atoms with van der Waals surface area (Å²) in [5.74, 6) is -0.645. The van der Waals surface area contributed by atoms with Gasteiger partial charge < -0.3 is 5.11 Å². The summed E-state index contributed by atoms with van der Waals surface area (Å²) >= 11 is 1.53. The molecule has 7 nitrogen and oxygen atoms in total. The Morgan fingerprint density at radius 1 is 1.19 bits per heavy atom. The molecule has 3 aromatic rings. The van der Waals surface area contributed by atoms with Crippen molar-refractivity contribution in [3.8, 4) is 5.75 Å². The average molecular weight is 367 g/mol. The minimum Gasteiger partial charge on any atom is -0.867 e. The van der Waals surface area contributed by atoms with Gasteiger partial charge in [0.1, 0.15) is 0 Å². The summed E-state index contributed by atoms with van der Waals surface area (Å²) < 4.78 is 0. The maximum absolute atomic E-state index is 12.1. The van der Waals surface area contributed by atoms with Gasteiger partial charge in [-0.05, 0) is 37.3 Å². The van der Waals surface area contributed by atoms with E-state index in [1.165, 1.54) is 36.2 Å². The number of para-hydroxylation sites is 2. The lowest BCUT2D eigenvalue weighted by Crippen LogP contribution is -2.01. The zero-order valence-electron chi connectivity index (χ0n) is 14.1. The third-order valence-electron chi connectivity index (χ3n) is 3.70. The lowest BCUT2D eigenvalue weighted by molar-refractivity contribution is -0.398.